The van der Waals surface area contributed by atoms with E-state index in [9.17, 15) is 9.59 Å². The molecule has 0 saturated carbocycles. The van der Waals surface area contributed by atoms with Crippen molar-refractivity contribution < 1.29 is 19.1 Å². The molecule has 5 nitrogen and oxygen atoms in total. The van der Waals surface area contributed by atoms with E-state index in [1.54, 1.807) is 26.8 Å². The van der Waals surface area contributed by atoms with Crippen LogP contribution in [0.2, 0.25) is 5.02 Å². The average molecular weight is 431 g/mol. The molecular weight excluding hydrogens is 410 g/mol. The van der Waals surface area contributed by atoms with Gasteiger partial charge in [-0.25, -0.2) is 9.59 Å². The van der Waals surface area contributed by atoms with Gasteiger partial charge in [0.15, 0.2) is 0 Å². The first-order valence-electron chi connectivity index (χ1n) is 7.82. The van der Waals surface area contributed by atoms with E-state index >= 15 is 0 Å². The van der Waals surface area contributed by atoms with Crippen LogP contribution in [-0.4, -0.2) is 42.3 Å². The topological polar surface area (TPSA) is 55.8 Å². The van der Waals surface area contributed by atoms with Crippen LogP contribution < -0.4 is 0 Å². The molecule has 0 radical (unpaired) electrons. The largest absolute Gasteiger partial charge is 0.467 e. The highest BCUT2D eigenvalue weighted by Crippen LogP contribution is 2.30. The Morgan fingerprint density at radius 2 is 2.04 bits per heavy atom. The molecule has 1 aliphatic heterocycles. The van der Waals surface area contributed by atoms with Crippen LogP contribution in [0.4, 0.5) is 4.79 Å². The molecule has 25 heavy (non-hydrogen) atoms. The number of carbonyl (C=O) groups excluding carboxylic acids is 2. The molecule has 0 aromatic heterocycles. The molecule has 1 aromatic rings. The van der Waals surface area contributed by atoms with Gasteiger partial charge >= 0.3 is 12.1 Å². The second-order valence-electron chi connectivity index (χ2n) is 6.82. The van der Waals surface area contributed by atoms with Crippen LogP contribution in [-0.2, 0) is 14.3 Å². The van der Waals surface area contributed by atoms with Crippen molar-refractivity contribution in [1.29, 1.82) is 0 Å². The Balaban J connectivity index is 2.27. The number of esters is 1. The summed E-state index contributed by atoms with van der Waals surface area (Å²) in [7, 11) is 1.31. The molecule has 1 saturated heterocycles. The predicted molar refractivity (Wildman–Crippen MR) is 100 cm³/mol. The number of hydrogen-bond donors (Lipinski definition) is 0. The number of nitrogens with zero attached hydrogens (tertiary/aromatic N) is 1. The van der Waals surface area contributed by atoms with E-state index in [0.717, 1.165) is 15.6 Å². The summed E-state index contributed by atoms with van der Waals surface area (Å²) < 4.78 is 11.1. The predicted octanol–water partition coefficient (Wildman–Crippen LogP) is 4.67. The molecular formula is C18H21BrClNO4. The minimum Gasteiger partial charge on any atom is -0.467 e. The zero-order chi connectivity index (χ0) is 18.8. The molecule has 0 bridgehead atoms. The number of carbonyl (C=O) groups is 2. The lowest BCUT2D eigenvalue weighted by molar-refractivity contribution is -0.145. The van der Waals surface area contributed by atoms with Gasteiger partial charge in [0.1, 0.15) is 11.6 Å². The highest BCUT2D eigenvalue weighted by molar-refractivity contribution is 9.10. The molecule has 7 heteroatoms. The molecule has 1 atom stereocenters. The number of likely N-dealkylation sites (tertiary alicyclic amines) is 1. The van der Waals surface area contributed by atoms with Crippen molar-refractivity contribution in [3.8, 4) is 0 Å². The summed E-state index contributed by atoms with van der Waals surface area (Å²) in [6.45, 7) is 5.65. The first-order valence-corrected chi connectivity index (χ1v) is 9.00. The molecule has 1 heterocycles. The van der Waals surface area contributed by atoms with Crippen molar-refractivity contribution in [1.82, 2.24) is 4.90 Å². The van der Waals surface area contributed by atoms with Crippen molar-refractivity contribution in [3.05, 3.63) is 38.8 Å². The third-order valence-electron chi connectivity index (χ3n) is 3.63. The summed E-state index contributed by atoms with van der Waals surface area (Å²) in [4.78, 5) is 25.9. The van der Waals surface area contributed by atoms with Crippen molar-refractivity contribution in [2.24, 2.45) is 0 Å². The fraction of sp³-hybridized carbons (Fsp3) is 0.444. The van der Waals surface area contributed by atoms with E-state index in [-0.39, 0.29) is 0 Å². The van der Waals surface area contributed by atoms with E-state index in [0.29, 0.717) is 18.0 Å². The number of rotatable bonds is 2. The van der Waals surface area contributed by atoms with Gasteiger partial charge in [-0.05, 0) is 44.0 Å². The third kappa shape index (κ3) is 5.22. The fourth-order valence-corrected chi connectivity index (χ4v) is 3.28. The second-order valence-corrected chi connectivity index (χ2v) is 8.14. The van der Waals surface area contributed by atoms with Gasteiger partial charge in [-0.15, -0.1) is 0 Å². The second kappa shape index (κ2) is 7.79. The minimum atomic E-state index is -0.694. The van der Waals surface area contributed by atoms with Crippen molar-refractivity contribution >= 4 is 45.7 Å². The molecule has 0 spiro atoms. The van der Waals surface area contributed by atoms with Gasteiger partial charge in [-0.2, -0.15) is 0 Å². The maximum absolute atomic E-state index is 12.4. The van der Waals surface area contributed by atoms with Gasteiger partial charge in [-0.3, -0.25) is 4.90 Å². The molecule has 1 fully saturated rings. The van der Waals surface area contributed by atoms with E-state index in [2.05, 4.69) is 15.9 Å². The zero-order valence-electron chi connectivity index (χ0n) is 14.6. The number of methoxy groups -OCH3 is 1. The maximum atomic E-state index is 12.4. The Morgan fingerprint density at radius 3 is 2.60 bits per heavy atom. The van der Waals surface area contributed by atoms with Gasteiger partial charge in [0.05, 0.1) is 7.11 Å². The maximum Gasteiger partial charge on any atom is 0.411 e. The van der Waals surface area contributed by atoms with Crippen LogP contribution in [0.25, 0.3) is 6.08 Å². The van der Waals surface area contributed by atoms with Crippen molar-refractivity contribution in [2.45, 2.75) is 38.8 Å². The molecule has 0 aliphatic carbocycles. The first kappa shape index (κ1) is 19.8. The number of amides is 1. The Kier molecular flexibility index (Phi) is 6.16. The van der Waals surface area contributed by atoms with Gasteiger partial charge in [0.2, 0.25) is 0 Å². The van der Waals surface area contributed by atoms with Crippen molar-refractivity contribution in [2.75, 3.05) is 13.7 Å². The quantitative estimate of drug-likeness (QED) is 0.640. The Morgan fingerprint density at radius 1 is 1.36 bits per heavy atom. The number of halogens is 2. The van der Waals surface area contributed by atoms with E-state index in [1.807, 2.05) is 18.2 Å². The van der Waals surface area contributed by atoms with E-state index < -0.39 is 23.7 Å². The standard InChI is InChI=1S/C18H21BrClNO4/c1-18(2,3)25-17(23)21-10-11(8-15(21)16(22)24-4)7-12-5-6-13(19)9-14(12)20/h5-7,9,15H,8,10H2,1-4H3/b11-7+/t15-/m0/s1. The highest BCUT2D eigenvalue weighted by Gasteiger charge is 2.39. The van der Waals surface area contributed by atoms with Gasteiger partial charge in [0.25, 0.3) is 0 Å². The van der Waals surface area contributed by atoms with Crippen LogP contribution >= 0.6 is 27.5 Å². The summed E-state index contributed by atoms with van der Waals surface area (Å²) in [5.74, 6) is -0.462. The molecule has 2 rings (SSSR count). The van der Waals surface area contributed by atoms with Crippen LogP contribution in [0.5, 0.6) is 0 Å². The lowest BCUT2D eigenvalue weighted by Gasteiger charge is -2.27. The van der Waals surface area contributed by atoms with Gasteiger partial charge in [0, 0.05) is 22.5 Å². The normalized spacial score (nSPS) is 19.2. The Hall–Kier alpha value is -1.53. The molecule has 0 unspecified atom stereocenters. The van der Waals surface area contributed by atoms with Crippen LogP contribution in [0.15, 0.2) is 28.2 Å². The number of hydrogen-bond acceptors (Lipinski definition) is 4. The number of ether oxygens (including phenoxy) is 2. The molecule has 0 N–H and O–H groups in total. The molecule has 136 valence electrons. The summed E-state index contributed by atoms with van der Waals surface area (Å²) >= 11 is 9.62. The summed E-state index contributed by atoms with van der Waals surface area (Å²) in [5, 5.41) is 0.590. The van der Waals surface area contributed by atoms with Crippen LogP contribution in [0.3, 0.4) is 0 Å². The van der Waals surface area contributed by atoms with Crippen molar-refractivity contribution in [3.63, 3.8) is 0 Å². The fourth-order valence-electron chi connectivity index (χ4n) is 2.55. The van der Waals surface area contributed by atoms with E-state index in [1.165, 1.54) is 12.0 Å². The summed E-state index contributed by atoms with van der Waals surface area (Å²) in [6.07, 6.45) is 1.75. The average Bonchev–Trinajstić information content (AvgIpc) is 2.92. The smallest absolute Gasteiger partial charge is 0.411 e. The number of benzene rings is 1. The first-order chi connectivity index (χ1) is 11.6. The monoisotopic (exact) mass is 429 g/mol. The minimum absolute atomic E-state index is 0.293. The van der Waals surface area contributed by atoms with Crippen LogP contribution in [0, 0.1) is 0 Å². The van der Waals surface area contributed by atoms with Gasteiger partial charge < -0.3 is 9.47 Å². The van der Waals surface area contributed by atoms with Crippen LogP contribution in [0.1, 0.15) is 32.8 Å². The molecule has 1 amide bonds. The van der Waals surface area contributed by atoms with E-state index in [4.69, 9.17) is 21.1 Å². The Bertz CT molecular complexity index is 712. The SMILES string of the molecule is COC(=O)[C@@H]1C/C(=C\c2ccc(Br)cc2Cl)CN1C(=O)OC(C)(C)C. The van der Waals surface area contributed by atoms with Gasteiger partial charge in [-0.1, -0.05) is 39.7 Å². The molecule has 1 aliphatic rings. The zero-order valence-corrected chi connectivity index (χ0v) is 17.0. The molecule has 1 aromatic carbocycles. The summed E-state index contributed by atoms with van der Waals surface area (Å²) in [5.41, 5.74) is 1.10. The summed E-state index contributed by atoms with van der Waals surface area (Å²) in [6, 6.07) is 4.87. The Labute approximate surface area is 161 Å². The lowest BCUT2D eigenvalue weighted by atomic mass is 10.1. The highest BCUT2D eigenvalue weighted by atomic mass is 79.9. The lowest BCUT2D eigenvalue weighted by Crippen LogP contribution is -2.43. The third-order valence-corrected chi connectivity index (χ3v) is 4.45.